The molecule has 1 aliphatic rings. The van der Waals surface area contributed by atoms with Gasteiger partial charge in [-0.05, 0) is 24.3 Å². The minimum atomic E-state index is -4.67. The van der Waals surface area contributed by atoms with E-state index in [4.69, 9.17) is 11.6 Å². The number of nitrogens with one attached hydrogen (secondary N) is 2. The van der Waals surface area contributed by atoms with E-state index >= 15 is 0 Å². The number of carbonyl (C=O) groups is 2. The maximum Gasteiger partial charge on any atom is 0.435 e. The fourth-order valence-corrected chi connectivity index (χ4v) is 4.50. The molecule has 1 saturated heterocycles. The number of amides is 3. The number of nitrogens with zero attached hydrogens (tertiary/aromatic N) is 4. The summed E-state index contributed by atoms with van der Waals surface area (Å²) in [6, 6.07) is 6.85. The van der Waals surface area contributed by atoms with Gasteiger partial charge in [-0.15, -0.1) is 0 Å². The summed E-state index contributed by atoms with van der Waals surface area (Å²) in [6.07, 6.45) is -4.67. The van der Waals surface area contributed by atoms with Gasteiger partial charge in [0.25, 0.3) is 0 Å². The standard InChI is InChI=1S/C20H23ClF3IN6O2/c1-26-19(33)27-11-16-15(10-25)18(20(22,23)24)28-31(16)12-17(32)30-8-6-29(7-9-30)14-4-2-13(21)3-5-14/h2-5H,6-12H2,1H3,(H2,26,27,33). The first-order chi connectivity index (χ1) is 15.6. The lowest BCUT2D eigenvalue weighted by molar-refractivity contribution is -0.142. The van der Waals surface area contributed by atoms with Crippen LogP contribution >= 0.6 is 34.2 Å². The summed E-state index contributed by atoms with van der Waals surface area (Å²) in [5.41, 5.74) is 0.0712. The van der Waals surface area contributed by atoms with Crippen LogP contribution in [0.5, 0.6) is 0 Å². The van der Waals surface area contributed by atoms with Gasteiger partial charge in [-0.2, -0.15) is 18.3 Å². The van der Waals surface area contributed by atoms with Gasteiger partial charge in [-0.3, -0.25) is 9.48 Å². The van der Waals surface area contributed by atoms with E-state index in [9.17, 15) is 22.8 Å². The predicted octanol–water partition coefficient (Wildman–Crippen LogP) is 3.27. The van der Waals surface area contributed by atoms with Crippen molar-refractivity contribution in [1.82, 2.24) is 25.3 Å². The molecule has 0 spiro atoms. The smallest absolute Gasteiger partial charge is 0.368 e. The number of hydrogen-bond acceptors (Lipinski definition) is 4. The number of benzene rings is 1. The molecule has 0 saturated carbocycles. The molecule has 0 bridgehead atoms. The van der Waals surface area contributed by atoms with Crippen molar-refractivity contribution in [3.8, 4) is 0 Å². The highest BCUT2D eigenvalue weighted by molar-refractivity contribution is 14.1. The third kappa shape index (κ3) is 6.22. The Morgan fingerprint density at radius 2 is 1.79 bits per heavy atom. The van der Waals surface area contributed by atoms with E-state index in [0.717, 1.165) is 10.4 Å². The number of alkyl halides is 4. The van der Waals surface area contributed by atoms with Crippen LogP contribution in [0.3, 0.4) is 0 Å². The zero-order chi connectivity index (χ0) is 24.2. The first-order valence-corrected chi connectivity index (χ1v) is 12.0. The highest BCUT2D eigenvalue weighted by Gasteiger charge is 2.39. The van der Waals surface area contributed by atoms with Gasteiger partial charge in [0.2, 0.25) is 5.91 Å². The quantitative estimate of drug-likeness (QED) is 0.395. The number of anilines is 1. The first-order valence-electron chi connectivity index (χ1n) is 10.1. The van der Waals surface area contributed by atoms with E-state index in [2.05, 4.69) is 20.6 Å². The average molecular weight is 599 g/mol. The number of piperazine rings is 1. The molecule has 0 aliphatic carbocycles. The number of carbonyl (C=O) groups excluding carboxylic acids is 2. The summed E-state index contributed by atoms with van der Waals surface area (Å²) in [5.74, 6) is -0.330. The Bertz CT molecular complexity index is 991. The number of halogens is 5. The summed E-state index contributed by atoms with van der Waals surface area (Å²) >= 11 is 7.75. The predicted molar refractivity (Wildman–Crippen MR) is 126 cm³/mol. The molecule has 8 nitrogen and oxygen atoms in total. The molecule has 1 fully saturated rings. The molecule has 13 heteroatoms. The highest BCUT2D eigenvalue weighted by atomic mass is 127. The molecular weight excluding hydrogens is 576 g/mol. The van der Waals surface area contributed by atoms with Gasteiger partial charge in [0.1, 0.15) is 6.54 Å². The monoisotopic (exact) mass is 598 g/mol. The summed E-state index contributed by atoms with van der Waals surface area (Å²) in [5, 5.41) is 9.18. The maximum atomic E-state index is 13.5. The second-order valence-corrected chi connectivity index (χ2v) is 8.54. The van der Waals surface area contributed by atoms with Gasteiger partial charge in [0.15, 0.2) is 5.69 Å². The van der Waals surface area contributed by atoms with Gasteiger partial charge >= 0.3 is 12.2 Å². The largest absolute Gasteiger partial charge is 0.435 e. The Morgan fingerprint density at radius 1 is 1.15 bits per heavy atom. The summed E-state index contributed by atoms with van der Waals surface area (Å²) in [4.78, 5) is 28.2. The van der Waals surface area contributed by atoms with Crippen LogP contribution in [0.15, 0.2) is 24.3 Å². The van der Waals surface area contributed by atoms with E-state index in [0.29, 0.717) is 31.2 Å². The van der Waals surface area contributed by atoms with Crippen LogP contribution in [-0.4, -0.2) is 59.8 Å². The molecule has 2 heterocycles. The molecule has 33 heavy (non-hydrogen) atoms. The molecule has 0 atom stereocenters. The minimum Gasteiger partial charge on any atom is -0.368 e. The third-order valence-corrected chi connectivity index (χ3v) is 6.34. The van der Waals surface area contributed by atoms with Crippen LogP contribution in [0.1, 0.15) is 17.0 Å². The molecule has 1 aromatic carbocycles. The lowest BCUT2D eigenvalue weighted by Gasteiger charge is -2.36. The molecule has 180 valence electrons. The van der Waals surface area contributed by atoms with E-state index in [1.165, 1.54) is 7.05 Å². The molecule has 0 radical (unpaired) electrons. The number of rotatable bonds is 6. The molecule has 3 amide bonds. The molecule has 1 aliphatic heterocycles. The topological polar surface area (TPSA) is 82.5 Å². The fourth-order valence-electron chi connectivity index (χ4n) is 3.58. The highest BCUT2D eigenvalue weighted by Crippen LogP contribution is 2.34. The molecule has 3 rings (SSSR count). The number of hydrogen-bond donors (Lipinski definition) is 2. The van der Waals surface area contributed by atoms with Crippen LogP contribution in [-0.2, 0) is 28.5 Å². The van der Waals surface area contributed by atoms with Gasteiger partial charge in [0, 0.05) is 53.9 Å². The minimum absolute atomic E-state index is 0.0331. The maximum absolute atomic E-state index is 13.5. The SMILES string of the molecule is CNC(=O)NCc1c(CI)c(C(F)(F)F)nn1CC(=O)N1CCN(c2ccc(Cl)cc2)CC1. The van der Waals surface area contributed by atoms with Crippen LogP contribution in [0.2, 0.25) is 5.02 Å². The van der Waals surface area contributed by atoms with Gasteiger partial charge in [-0.1, -0.05) is 34.2 Å². The summed E-state index contributed by atoms with van der Waals surface area (Å²) < 4.78 is 41.7. The van der Waals surface area contributed by atoms with Crippen LogP contribution < -0.4 is 15.5 Å². The number of aromatic nitrogens is 2. The lowest BCUT2D eigenvalue weighted by Crippen LogP contribution is -2.49. The van der Waals surface area contributed by atoms with Crippen molar-refractivity contribution in [2.45, 2.75) is 23.7 Å². The summed E-state index contributed by atoms with van der Waals surface area (Å²) in [7, 11) is 1.40. The fraction of sp³-hybridized carbons (Fsp3) is 0.450. The Balaban J connectivity index is 1.73. The van der Waals surface area contributed by atoms with Crippen molar-refractivity contribution in [3.05, 3.63) is 46.2 Å². The first kappa shape index (κ1) is 25.4. The van der Waals surface area contributed by atoms with Gasteiger partial charge < -0.3 is 20.4 Å². The molecule has 1 aromatic heterocycles. The van der Waals surface area contributed by atoms with E-state index in [1.54, 1.807) is 17.0 Å². The molecule has 2 N–H and O–H groups in total. The second-order valence-electron chi connectivity index (χ2n) is 7.34. The van der Waals surface area contributed by atoms with Crippen molar-refractivity contribution in [3.63, 3.8) is 0 Å². The normalized spacial score (nSPS) is 14.4. The van der Waals surface area contributed by atoms with Crippen LogP contribution in [0, 0.1) is 0 Å². The van der Waals surface area contributed by atoms with Crippen LogP contribution in [0.4, 0.5) is 23.7 Å². The van der Waals surface area contributed by atoms with Crippen molar-refractivity contribution in [1.29, 1.82) is 0 Å². The lowest BCUT2D eigenvalue weighted by atomic mass is 10.2. The van der Waals surface area contributed by atoms with Crippen molar-refractivity contribution in [2.75, 3.05) is 38.1 Å². The van der Waals surface area contributed by atoms with Gasteiger partial charge in [0.05, 0.1) is 12.2 Å². The molecule has 0 unspecified atom stereocenters. The Labute approximate surface area is 207 Å². The zero-order valence-corrected chi connectivity index (χ0v) is 20.7. The third-order valence-electron chi connectivity index (χ3n) is 5.32. The van der Waals surface area contributed by atoms with E-state index < -0.39 is 17.9 Å². The average Bonchev–Trinajstić information content (AvgIpc) is 3.15. The Kier molecular flexibility index (Phi) is 8.32. The Morgan fingerprint density at radius 3 is 2.33 bits per heavy atom. The zero-order valence-electron chi connectivity index (χ0n) is 17.8. The van der Waals surface area contributed by atoms with E-state index in [1.807, 2.05) is 34.7 Å². The van der Waals surface area contributed by atoms with Crippen molar-refractivity contribution < 1.29 is 22.8 Å². The van der Waals surface area contributed by atoms with Crippen molar-refractivity contribution >= 4 is 51.8 Å². The molecular formula is C20H23ClF3IN6O2. The van der Waals surface area contributed by atoms with Crippen LogP contribution in [0.25, 0.3) is 0 Å². The Hall–Kier alpha value is -2.22. The second kappa shape index (κ2) is 10.8. The van der Waals surface area contributed by atoms with E-state index in [-0.39, 0.29) is 34.7 Å². The molecule has 2 aromatic rings. The van der Waals surface area contributed by atoms with Crippen molar-refractivity contribution in [2.24, 2.45) is 0 Å². The summed E-state index contributed by atoms with van der Waals surface area (Å²) in [6.45, 7) is 1.51. The number of urea groups is 1. The van der Waals surface area contributed by atoms with Gasteiger partial charge in [-0.25, -0.2) is 4.79 Å².